The van der Waals surface area contributed by atoms with Gasteiger partial charge in [-0.25, -0.2) is 20.0 Å². The number of hydrazine groups is 1. The standard InChI is InChI=1S/C8H14N4S2/c1-5-9-7(13-3)12-6(2)10-8(14-4)11(5)12/h5-6H,1-4H3/t5-,6+. The van der Waals surface area contributed by atoms with E-state index in [0.29, 0.717) is 0 Å². The van der Waals surface area contributed by atoms with E-state index >= 15 is 0 Å². The van der Waals surface area contributed by atoms with Crippen LogP contribution in [0.2, 0.25) is 0 Å². The molecule has 0 radical (unpaired) electrons. The monoisotopic (exact) mass is 230 g/mol. The van der Waals surface area contributed by atoms with Crippen LogP contribution >= 0.6 is 23.5 Å². The summed E-state index contributed by atoms with van der Waals surface area (Å²) in [6.45, 7) is 4.19. The third-order valence-corrected chi connectivity index (χ3v) is 3.61. The van der Waals surface area contributed by atoms with Crippen molar-refractivity contribution >= 4 is 33.9 Å². The molecule has 0 spiro atoms. The quantitative estimate of drug-likeness (QED) is 0.633. The van der Waals surface area contributed by atoms with E-state index in [1.807, 2.05) is 0 Å². The van der Waals surface area contributed by atoms with Crippen LogP contribution in [0.4, 0.5) is 0 Å². The van der Waals surface area contributed by atoms with Crippen LogP contribution in [-0.4, -0.2) is 45.2 Å². The van der Waals surface area contributed by atoms with Crippen molar-refractivity contribution in [1.82, 2.24) is 10.0 Å². The number of hydrogen-bond donors (Lipinski definition) is 0. The zero-order valence-corrected chi connectivity index (χ0v) is 10.4. The molecule has 6 heteroatoms. The van der Waals surface area contributed by atoms with Gasteiger partial charge in [-0.05, 0) is 26.4 Å². The summed E-state index contributed by atoms with van der Waals surface area (Å²) in [6.07, 6.45) is 4.49. The highest BCUT2D eigenvalue weighted by atomic mass is 32.2. The minimum atomic E-state index is 0.189. The van der Waals surface area contributed by atoms with Gasteiger partial charge in [-0.3, -0.25) is 0 Å². The number of thioether (sulfide) groups is 2. The Hall–Kier alpha value is -0.360. The zero-order chi connectivity index (χ0) is 10.3. The first-order chi connectivity index (χ1) is 6.69. The van der Waals surface area contributed by atoms with Crippen LogP contribution in [0.25, 0.3) is 0 Å². The van der Waals surface area contributed by atoms with E-state index in [4.69, 9.17) is 0 Å². The van der Waals surface area contributed by atoms with Crippen molar-refractivity contribution in [1.29, 1.82) is 0 Å². The number of rotatable bonds is 0. The van der Waals surface area contributed by atoms with E-state index in [1.54, 1.807) is 23.5 Å². The largest absolute Gasteiger partial charge is 0.234 e. The minimum Gasteiger partial charge on any atom is -0.234 e. The van der Waals surface area contributed by atoms with E-state index in [0.717, 1.165) is 10.3 Å². The molecule has 0 aromatic carbocycles. The summed E-state index contributed by atoms with van der Waals surface area (Å²) in [6, 6.07) is 0. The second kappa shape index (κ2) is 3.66. The first kappa shape index (κ1) is 10.2. The summed E-state index contributed by atoms with van der Waals surface area (Å²) in [5, 5.41) is 6.47. The van der Waals surface area contributed by atoms with Gasteiger partial charge < -0.3 is 0 Å². The predicted molar refractivity (Wildman–Crippen MR) is 64.5 cm³/mol. The van der Waals surface area contributed by atoms with Crippen molar-refractivity contribution in [2.75, 3.05) is 12.5 Å². The van der Waals surface area contributed by atoms with Crippen molar-refractivity contribution < 1.29 is 0 Å². The van der Waals surface area contributed by atoms with E-state index in [-0.39, 0.29) is 12.3 Å². The lowest BCUT2D eigenvalue weighted by Crippen LogP contribution is -2.43. The summed E-state index contributed by atoms with van der Waals surface area (Å²) >= 11 is 3.36. The van der Waals surface area contributed by atoms with Crippen LogP contribution in [0.3, 0.4) is 0 Å². The molecule has 0 aromatic heterocycles. The van der Waals surface area contributed by atoms with E-state index in [1.165, 1.54) is 0 Å². The molecule has 0 aromatic rings. The highest BCUT2D eigenvalue weighted by Gasteiger charge is 2.40. The molecule has 78 valence electrons. The first-order valence-corrected chi connectivity index (χ1v) is 6.96. The Balaban J connectivity index is 2.28. The molecule has 0 fully saturated rings. The Morgan fingerprint density at radius 3 is 1.57 bits per heavy atom. The molecular weight excluding hydrogens is 216 g/mol. The lowest BCUT2D eigenvalue weighted by molar-refractivity contribution is 0.119. The van der Waals surface area contributed by atoms with Gasteiger partial charge in [0.25, 0.3) is 0 Å². The molecule has 0 saturated carbocycles. The normalized spacial score (nSPS) is 30.6. The van der Waals surface area contributed by atoms with E-state index in [9.17, 15) is 0 Å². The van der Waals surface area contributed by atoms with Crippen molar-refractivity contribution in [2.45, 2.75) is 26.2 Å². The lowest BCUT2D eigenvalue weighted by Gasteiger charge is -2.28. The molecule has 2 rings (SSSR count). The van der Waals surface area contributed by atoms with Crippen LogP contribution in [0.1, 0.15) is 13.8 Å². The summed E-state index contributed by atoms with van der Waals surface area (Å²) in [5.41, 5.74) is 0. The average Bonchev–Trinajstić information content (AvgIpc) is 2.67. The molecule has 2 aliphatic rings. The summed E-state index contributed by atoms with van der Waals surface area (Å²) < 4.78 is 0. The number of nitrogens with zero attached hydrogens (tertiary/aromatic N) is 4. The van der Waals surface area contributed by atoms with Crippen LogP contribution in [0, 0.1) is 0 Å². The van der Waals surface area contributed by atoms with Crippen molar-refractivity contribution in [3.8, 4) is 0 Å². The highest BCUT2D eigenvalue weighted by Crippen LogP contribution is 2.31. The third kappa shape index (κ3) is 1.32. The molecule has 2 heterocycles. The first-order valence-electron chi connectivity index (χ1n) is 4.51. The zero-order valence-electron chi connectivity index (χ0n) is 8.76. The molecule has 0 amide bonds. The molecule has 0 saturated heterocycles. The van der Waals surface area contributed by atoms with Gasteiger partial charge >= 0.3 is 0 Å². The lowest BCUT2D eigenvalue weighted by atomic mass is 10.6. The second-order valence-electron chi connectivity index (χ2n) is 3.18. The molecule has 14 heavy (non-hydrogen) atoms. The predicted octanol–water partition coefficient (Wildman–Crippen LogP) is 1.66. The van der Waals surface area contributed by atoms with Crippen LogP contribution < -0.4 is 0 Å². The minimum absolute atomic E-state index is 0.189. The second-order valence-corrected chi connectivity index (χ2v) is 4.73. The molecule has 0 aliphatic carbocycles. The number of fused-ring (bicyclic) bond motifs is 1. The number of hydrogen-bond acceptors (Lipinski definition) is 6. The molecule has 4 nitrogen and oxygen atoms in total. The molecular formula is C8H14N4S2. The van der Waals surface area contributed by atoms with Gasteiger partial charge in [-0.2, -0.15) is 0 Å². The summed E-state index contributed by atoms with van der Waals surface area (Å²) in [7, 11) is 0. The van der Waals surface area contributed by atoms with E-state index < -0.39 is 0 Å². The fraction of sp³-hybridized carbons (Fsp3) is 0.750. The Morgan fingerprint density at radius 2 is 1.29 bits per heavy atom. The fourth-order valence-electron chi connectivity index (χ4n) is 1.70. The number of aliphatic imine (C=N–C) groups is 2. The van der Waals surface area contributed by atoms with Gasteiger partial charge in [0.2, 0.25) is 0 Å². The molecule has 0 unspecified atom stereocenters. The van der Waals surface area contributed by atoms with Gasteiger partial charge in [0.05, 0.1) is 0 Å². The van der Waals surface area contributed by atoms with Crippen LogP contribution in [0.15, 0.2) is 9.98 Å². The Kier molecular flexibility index (Phi) is 2.66. The maximum absolute atomic E-state index is 4.58. The highest BCUT2D eigenvalue weighted by molar-refractivity contribution is 8.13. The SMILES string of the molecule is CSC1=N[C@H](C)N2C(SC)=N[C@@H](C)N12. The Labute approximate surface area is 92.8 Å². The van der Waals surface area contributed by atoms with Crippen molar-refractivity contribution in [3.05, 3.63) is 0 Å². The maximum Gasteiger partial charge on any atom is 0.182 e. The van der Waals surface area contributed by atoms with Gasteiger partial charge in [0.15, 0.2) is 10.3 Å². The van der Waals surface area contributed by atoms with Gasteiger partial charge in [-0.15, -0.1) is 0 Å². The third-order valence-electron chi connectivity index (χ3n) is 2.29. The van der Waals surface area contributed by atoms with Crippen molar-refractivity contribution in [2.24, 2.45) is 9.98 Å². The van der Waals surface area contributed by atoms with Crippen LogP contribution in [0.5, 0.6) is 0 Å². The topological polar surface area (TPSA) is 31.2 Å². The molecule has 2 aliphatic heterocycles. The Morgan fingerprint density at radius 1 is 0.929 bits per heavy atom. The smallest absolute Gasteiger partial charge is 0.182 e. The van der Waals surface area contributed by atoms with Gasteiger partial charge in [0, 0.05) is 0 Å². The fourth-order valence-corrected chi connectivity index (χ4v) is 3.07. The average molecular weight is 230 g/mol. The van der Waals surface area contributed by atoms with Gasteiger partial charge in [0.1, 0.15) is 12.3 Å². The Bertz CT molecular complexity index is 272. The van der Waals surface area contributed by atoms with Crippen molar-refractivity contribution in [3.63, 3.8) is 0 Å². The molecule has 0 N–H and O–H groups in total. The molecule has 0 bridgehead atoms. The van der Waals surface area contributed by atoms with Crippen LogP contribution in [-0.2, 0) is 0 Å². The number of amidine groups is 2. The maximum atomic E-state index is 4.58. The van der Waals surface area contributed by atoms with E-state index in [2.05, 4.69) is 46.4 Å². The van der Waals surface area contributed by atoms with Gasteiger partial charge in [-0.1, -0.05) is 23.5 Å². The molecule has 2 atom stereocenters. The summed E-state index contributed by atoms with van der Waals surface area (Å²) in [5.74, 6) is 0. The summed E-state index contributed by atoms with van der Waals surface area (Å²) in [4.78, 5) is 9.15.